The van der Waals surface area contributed by atoms with Crippen molar-refractivity contribution in [3.8, 4) is 0 Å². The van der Waals surface area contributed by atoms with Crippen LogP contribution in [-0.2, 0) is 9.84 Å². The molecule has 0 heterocycles. The van der Waals surface area contributed by atoms with Gasteiger partial charge in [-0.05, 0) is 61.2 Å². The zero-order chi connectivity index (χ0) is 21.1. The third kappa shape index (κ3) is 5.42. The maximum atomic E-state index is 12.7. The second kappa shape index (κ2) is 8.56. The van der Waals surface area contributed by atoms with Crippen LogP contribution >= 0.6 is 0 Å². The molecule has 2 rings (SSSR count). The summed E-state index contributed by atoms with van der Waals surface area (Å²) in [4.78, 5) is 24.9. The van der Waals surface area contributed by atoms with Gasteiger partial charge in [0.1, 0.15) is 0 Å². The van der Waals surface area contributed by atoms with Gasteiger partial charge in [0.2, 0.25) is 0 Å². The van der Waals surface area contributed by atoms with Crippen molar-refractivity contribution in [2.45, 2.75) is 32.6 Å². The minimum atomic E-state index is -3.41. The van der Waals surface area contributed by atoms with Gasteiger partial charge in [-0.1, -0.05) is 19.9 Å². The molecule has 0 atom stereocenters. The molecule has 28 heavy (non-hydrogen) atoms. The molecule has 0 unspecified atom stereocenters. The lowest BCUT2D eigenvalue weighted by molar-refractivity contribution is 0.0948. The normalized spacial score (nSPS) is 11.4. The smallest absolute Gasteiger partial charge is 0.255 e. The van der Waals surface area contributed by atoms with Gasteiger partial charge in [-0.25, -0.2) is 8.42 Å². The molecule has 7 heteroatoms. The third-order valence-electron chi connectivity index (χ3n) is 4.29. The molecule has 150 valence electrons. The predicted molar refractivity (Wildman–Crippen MR) is 111 cm³/mol. The molecule has 0 saturated heterocycles. The van der Waals surface area contributed by atoms with Crippen molar-refractivity contribution in [2.75, 3.05) is 18.1 Å². The molecule has 0 aliphatic heterocycles. The summed E-state index contributed by atoms with van der Waals surface area (Å²) in [5.74, 6) is -0.205. The fourth-order valence-electron chi connectivity index (χ4n) is 2.61. The summed E-state index contributed by atoms with van der Waals surface area (Å²) < 4.78 is 23.5. The van der Waals surface area contributed by atoms with Gasteiger partial charge in [-0.2, -0.15) is 0 Å². The van der Waals surface area contributed by atoms with E-state index in [1.165, 1.54) is 12.1 Å². The van der Waals surface area contributed by atoms with Gasteiger partial charge in [-0.3, -0.25) is 9.59 Å². The van der Waals surface area contributed by atoms with E-state index < -0.39 is 15.7 Å². The lowest BCUT2D eigenvalue weighted by Gasteiger charge is -2.13. The standard InChI is InChI=1S/C21H26N2O4S/c1-13(2)12-22-20(24)16-7-9-19(15(4)10-16)23-21(25)18-11-17(28(5,26)27)8-6-14(18)3/h6-11,13H,12H2,1-5H3,(H,22,24)(H,23,25). The highest BCUT2D eigenvalue weighted by Crippen LogP contribution is 2.20. The van der Waals surface area contributed by atoms with E-state index in [-0.39, 0.29) is 10.8 Å². The van der Waals surface area contributed by atoms with E-state index in [4.69, 9.17) is 0 Å². The summed E-state index contributed by atoms with van der Waals surface area (Å²) in [5.41, 5.74) is 2.79. The van der Waals surface area contributed by atoms with E-state index in [1.807, 2.05) is 13.8 Å². The molecule has 0 aliphatic carbocycles. The van der Waals surface area contributed by atoms with Crippen LogP contribution in [-0.4, -0.2) is 33.0 Å². The highest BCUT2D eigenvalue weighted by molar-refractivity contribution is 7.90. The molecular weight excluding hydrogens is 376 g/mol. The summed E-state index contributed by atoms with van der Waals surface area (Å²) in [6, 6.07) is 9.51. The Morgan fingerprint density at radius 1 is 0.964 bits per heavy atom. The lowest BCUT2D eigenvalue weighted by Crippen LogP contribution is -2.27. The Bertz CT molecular complexity index is 1010. The topological polar surface area (TPSA) is 92.3 Å². The van der Waals surface area contributed by atoms with Crippen LogP contribution in [0.4, 0.5) is 5.69 Å². The zero-order valence-corrected chi connectivity index (χ0v) is 17.6. The van der Waals surface area contributed by atoms with Gasteiger partial charge in [0, 0.05) is 29.6 Å². The van der Waals surface area contributed by atoms with Crippen LogP contribution < -0.4 is 10.6 Å². The van der Waals surface area contributed by atoms with Crippen LogP contribution in [0.25, 0.3) is 0 Å². The summed E-state index contributed by atoms with van der Waals surface area (Å²) >= 11 is 0. The van der Waals surface area contributed by atoms with Crippen LogP contribution in [0.2, 0.25) is 0 Å². The highest BCUT2D eigenvalue weighted by Gasteiger charge is 2.16. The van der Waals surface area contributed by atoms with Gasteiger partial charge in [0.15, 0.2) is 9.84 Å². The second-order valence-corrected chi connectivity index (χ2v) is 9.35. The Labute approximate surface area is 166 Å². The molecule has 0 fully saturated rings. The molecule has 2 aromatic carbocycles. The SMILES string of the molecule is Cc1cc(C(=O)NCC(C)C)ccc1NC(=O)c1cc(S(C)(=O)=O)ccc1C. The van der Waals surface area contributed by atoms with Crippen LogP contribution in [0.1, 0.15) is 45.7 Å². The van der Waals surface area contributed by atoms with Crippen molar-refractivity contribution < 1.29 is 18.0 Å². The van der Waals surface area contributed by atoms with E-state index in [0.29, 0.717) is 34.8 Å². The van der Waals surface area contributed by atoms with Crippen molar-refractivity contribution in [1.82, 2.24) is 5.32 Å². The zero-order valence-electron chi connectivity index (χ0n) is 16.8. The number of aryl methyl sites for hydroxylation is 2. The van der Waals surface area contributed by atoms with Gasteiger partial charge in [0.25, 0.3) is 11.8 Å². The summed E-state index contributed by atoms with van der Waals surface area (Å²) in [6.07, 6.45) is 1.10. The Balaban J connectivity index is 2.22. The molecule has 0 aromatic heterocycles. The minimum Gasteiger partial charge on any atom is -0.352 e. The largest absolute Gasteiger partial charge is 0.352 e. The predicted octanol–water partition coefficient (Wildman–Crippen LogP) is 3.35. The molecule has 0 spiro atoms. The number of anilines is 1. The number of benzene rings is 2. The van der Waals surface area contributed by atoms with E-state index in [9.17, 15) is 18.0 Å². The number of sulfone groups is 1. The van der Waals surface area contributed by atoms with E-state index in [0.717, 1.165) is 11.8 Å². The first-order chi connectivity index (χ1) is 13.0. The quantitative estimate of drug-likeness (QED) is 0.775. The number of amides is 2. The molecular formula is C21H26N2O4S. The summed E-state index contributed by atoms with van der Waals surface area (Å²) in [5, 5.41) is 5.65. The van der Waals surface area contributed by atoms with Crippen LogP contribution in [0.15, 0.2) is 41.3 Å². The molecule has 0 saturated carbocycles. The molecule has 2 N–H and O–H groups in total. The van der Waals surface area contributed by atoms with E-state index >= 15 is 0 Å². The summed E-state index contributed by atoms with van der Waals surface area (Å²) in [6.45, 7) is 8.17. The fraction of sp³-hybridized carbons (Fsp3) is 0.333. The van der Waals surface area contributed by atoms with Crippen molar-refractivity contribution in [1.29, 1.82) is 0 Å². The highest BCUT2D eigenvalue weighted by atomic mass is 32.2. The first-order valence-electron chi connectivity index (χ1n) is 9.00. The van der Waals surface area contributed by atoms with Gasteiger partial charge >= 0.3 is 0 Å². The molecule has 2 amide bonds. The van der Waals surface area contributed by atoms with Gasteiger partial charge < -0.3 is 10.6 Å². The van der Waals surface area contributed by atoms with Crippen molar-refractivity contribution in [2.24, 2.45) is 5.92 Å². The van der Waals surface area contributed by atoms with Crippen molar-refractivity contribution >= 4 is 27.3 Å². The van der Waals surface area contributed by atoms with Crippen molar-refractivity contribution in [3.63, 3.8) is 0 Å². The number of rotatable bonds is 6. The number of carbonyl (C=O) groups excluding carboxylic acids is 2. The van der Waals surface area contributed by atoms with Crippen LogP contribution in [0.5, 0.6) is 0 Å². The fourth-order valence-corrected chi connectivity index (χ4v) is 3.26. The molecule has 0 aliphatic rings. The number of nitrogens with one attached hydrogen (secondary N) is 2. The average molecular weight is 403 g/mol. The van der Waals surface area contributed by atoms with E-state index in [1.54, 1.807) is 38.1 Å². The van der Waals surface area contributed by atoms with Gasteiger partial charge in [0.05, 0.1) is 4.90 Å². The van der Waals surface area contributed by atoms with E-state index in [2.05, 4.69) is 10.6 Å². The Hall–Kier alpha value is -2.67. The van der Waals surface area contributed by atoms with Gasteiger partial charge in [-0.15, -0.1) is 0 Å². The number of carbonyl (C=O) groups is 2. The minimum absolute atomic E-state index is 0.0946. The monoisotopic (exact) mass is 402 g/mol. The molecule has 0 radical (unpaired) electrons. The first kappa shape index (κ1) is 21.6. The second-order valence-electron chi connectivity index (χ2n) is 7.34. The Morgan fingerprint density at radius 2 is 1.64 bits per heavy atom. The number of hydrogen-bond donors (Lipinski definition) is 2. The molecule has 0 bridgehead atoms. The number of hydrogen-bond acceptors (Lipinski definition) is 4. The average Bonchev–Trinajstić information content (AvgIpc) is 2.60. The molecule has 2 aromatic rings. The first-order valence-corrected chi connectivity index (χ1v) is 10.9. The maximum Gasteiger partial charge on any atom is 0.255 e. The third-order valence-corrected chi connectivity index (χ3v) is 5.40. The van der Waals surface area contributed by atoms with Crippen molar-refractivity contribution in [3.05, 3.63) is 58.7 Å². The van der Waals surface area contributed by atoms with Crippen LogP contribution in [0, 0.1) is 19.8 Å². The summed E-state index contributed by atoms with van der Waals surface area (Å²) in [7, 11) is -3.41. The molecule has 6 nitrogen and oxygen atoms in total. The van der Waals surface area contributed by atoms with Crippen LogP contribution in [0.3, 0.4) is 0 Å². The Kier molecular flexibility index (Phi) is 6.61. The lowest BCUT2D eigenvalue weighted by atomic mass is 10.1. The maximum absolute atomic E-state index is 12.7. The Morgan fingerprint density at radius 3 is 2.21 bits per heavy atom.